The zero-order valence-electron chi connectivity index (χ0n) is 32.8. The maximum atomic E-state index is 4.75. The molecule has 1 spiro atoms. The van der Waals surface area contributed by atoms with Gasteiger partial charge in [-0.15, -0.1) is 21.5 Å². The molecule has 4 heteroatoms. The van der Waals surface area contributed by atoms with Gasteiger partial charge in [0.25, 0.3) is 0 Å². The Bertz CT molecular complexity index is 3790. The summed E-state index contributed by atoms with van der Waals surface area (Å²) in [6, 6.07) is 74.2. The quantitative estimate of drug-likeness (QED) is 0.167. The highest BCUT2D eigenvalue weighted by Crippen LogP contribution is 2.63. The number of hydrogen-bond donors (Lipinski definition) is 0. The fraction of sp³-hybridized carbons (Fsp3) is 0.0175. The molecular formula is C57H33N3S. The smallest absolute Gasteiger partial charge is 0.169 e. The highest BCUT2D eigenvalue weighted by molar-refractivity contribution is 7.26. The van der Waals surface area contributed by atoms with E-state index in [1.165, 1.54) is 97.7 Å². The molecule has 0 fully saturated rings. The van der Waals surface area contributed by atoms with Crippen molar-refractivity contribution in [2.75, 3.05) is 0 Å². The van der Waals surface area contributed by atoms with E-state index >= 15 is 0 Å². The lowest BCUT2D eigenvalue weighted by Crippen LogP contribution is -2.26. The van der Waals surface area contributed by atoms with Crippen LogP contribution in [0.4, 0.5) is 0 Å². The van der Waals surface area contributed by atoms with E-state index in [0.29, 0.717) is 0 Å². The summed E-state index contributed by atoms with van der Waals surface area (Å²) in [5, 5.41) is 15.6. The van der Waals surface area contributed by atoms with Crippen molar-refractivity contribution in [1.29, 1.82) is 0 Å². The number of aromatic nitrogens is 3. The van der Waals surface area contributed by atoms with Crippen LogP contribution in [0.1, 0.15) is 22.3 Å². The Balaban J connectivity index is 1.02. The molecule has 0 atom stereocenters. The molecule has 0 unspecified atom stereocenters. The summed E-state index contributed by atoms with van der Waals surface area (Å²) < 4.78 is 4.89. The fourth-order valence-corrected chi connectivity index (χ4v) is 12.2. The number of hydrogen-bond acceptors (Lipinski definition) is 3. The van der Waals surface area contributed by atoms with Gasteiger partial charge < -0.3 is 0 Å². The van der Waals surface area contributed by atoms with Crippen molar-refractivity contribution in [2.24, 2.45) is 0 Å². The summed E-state index contributed by atoms with van der Waals surface area (Å²) in [6.45, 7) is 0. The van der Waals surface area contributed by atoms with Crippen LogP contribution in [0.2, 0.25) is 0 Å². The highest BCUT2D eigenvalue weighted by atomic mass is 32.1. The molecule has 9 aromatic carbocycles. The van der Waals surface area contributed by atoms with Crippen molar-refractivity contribution in [2.45, 2.75) is 5.41 Å². The third-order valence-electron chi connectivity index (χ3n) is 13.5. The minimum Gasteiger partial charge on any atom is -0.274 e. The molecule has 0 saturated carbocycles. The lowest BCUT2D eigenvalue weighted by molar-refractivity contribution is 0.794. The summed E-state index contributed by atoms with van der Waals surface area (Å²) in [7, 11) is 0. The summed E-state index contributed by atoms with van der Waals surface area (Å²) in [5.74, 6) is 0.845. The topological polar surface area (TPSA) is 30.2 Å². The highest BCUT2D eigenvalue weighted by Gasteiger charge is 2.51. The van der Waals surface area contributed by atoms with E-state index < -0.39 is 5.41 Å². The van der Waals surface area contributed by atoms with Crippen LogP contribution in [0.3, 0.4) is 0 Å². The monoisotopic (exact) mass is 791 g/mol. The van der Waals surface area contributed by atoms with Gasteiger partial charge in [0.15, 0.2) is 11.5 Å². The molecule has 2 aliphatic rings. The zero-order chi connectivity index (χ0) is 39.8. The van der Waals surface area contributed by atoms with Crippen LogP contribution in [0.25, 0.3) is 103 Å². The Labute approximate surface area is 355 Å². The largest absolute Gasteiger partial charge is 0.274 e. The van der Waals surface area contributed by atoms with E-state index in [-0.39, 0.29) is 0 Å². The van der Waals surface area contributed by atoms with E-state index in [0.717, 1.165) is 27.9 Å². The van der Waals surface area contributed by atoms with Crippen molar-refractivity contribution in [3.63, 3.8) is 0 Å². The van der Waals surface area contributed by atoms with E-state index in [1.54, 1.807) is 0 Å². The molecule has 14 rings (SSSR count). The average molecular weight is 792 g/mol. The molecule has 3 nitrogen and oxygen atoms in total. The van der Waals surface area contributed by atoms with Crippen molar-refractivity contribution < 1.29 is 0 Å². The van der Waals surface area contributed by atoms with Crippen LogP contribution in [0.15, 0.2) is 200 Å². The molecule has 3 aromatic heterocycles. The summed E-state index contributed by atoms with van der Waals surface area (Å²) in [6.07, 6.45) is 0. The second kappa shape index (κ2) is 12.2. The van der Waals surface area contributed by atoms with Crippen LogP contribution < -0.4 is 0 Å². The molecule has 0 amide bonds. The second-order valence-electron chi connectivity index (χ2n) is 16.5. The molecule has 0 saturated heterocycles. The van der Waals surface area contributed by atoms with Gasteiger partial charge in [0.1, 0.15) is 0 Å². The third-order valence-corrected chi connectivity index (χ3v) is 14.7. The lowest BCUT2D eigenvalue weighted by atomic mass is 9.70. The maximum absolute atomic E-state index is 4.75. The first-order chi connectivity index (χ1) is 30.3. The molecule has 3 heterocycles. The Morgan fingerprint density at radius 3 is 1.72 bits per heavy atom. The van der Waals surface area contributed by atoms with Gasteiger partial charge in [0.05, 0.1) is 10.9 Å². The lowest BCUT2D eigenvalue weighted by Gasteiger charge is -2.31. The van der Waals surface area contributed by atoms with Gasteiger partial charge in [-0.1, -0.05) is 170 Å². The van der Waals surface area contributed by atoms with Gasteiger partial charge in [-0.2, -0.15) is 0 Å². The Morgan fingerprint density at radius 1 is 0.361 bits per heavy atom. The summed E-state index contributed by atoms with van der Waals surface area (Å²) in [4.78, 5) is 0. The SMILES string of the molecule is c1ccc(-c2nnc3c4ccccc4c4cc(-c5ccc6c(c5)C5(c7ccccc7-c7ccccc75)c5cc(-c7cccc8c7sc7ccccc78)ccc5-6)ccc4n23)cc1. The maximum Gasteiger partial charge on any atom is 0.169 e. The Hall–Kier alpha value is -7.66. The normalized spacial score (nSPS) is 13.4. The summed E-state index contributed by atoms with van der Waals surface area (Å²) in [5.41, 5.74) is 18.0. The molecule has 2 aliphatic carbocycles. The molecule has 0 radical (unpaired) electrons. The molecule has 0 aliphatic heterocycles. The molecular weight excluding hydrogens is 759 g/mol. The van der Waals surface area contributed by atoms with Gasteiger partial charge in [0.2, 0.25) is 0 Å². The van der Waals surface area contributed by atoms with Crippen LogP contribution in [-0.2, 0) is 5.41 Å². The zero-order valence-corrected chi connectivity index (χ0v) is 33.6. The first-order valence-corrected chi connectivity index (χ1v) is 21.7. The number of pyridine rings is 1. The summed E-state index contributed by atoms with van der Waals surface area (Å²) >= 11 is 1.90. The minimum absolute atomic E-state index is 0.485. The average Bonchev–Trinajstić information content (AvgIpc) is 4.09. The number of benzene rings is 9. The number of fused-ring (bicyclic) bond motifs is 19. The number of thiophene rings is 1. The predicted molar refractivity (Wildman–Crippen MR) is 253 cm³/mol. The molecule has 12 aromatic rings. The van der Waals surface area contributed by atoms with Crippen LogP contribution in [-0.4, -0.2) is 14.6 Å². The fourth-order valence-electron chi connectivity index (χ4n) is 11.0. The Kier molecular flexibility index (Phi) is 6.64. The van der Waals surface area contributed by atoms with Crippen LogP contribution in [0.5, 0.6) is 0 Å². The van der Waals surface area contributed by atoms with E-state index in [9.17, 15) is 0 Å². The van der Waals surface area contributed by atoms with Gasteiger partial charge in [0, 0.05) is 36.5 Å². The first-order valence-electron chi connectivity index (χ1n) is 20.9. The second-order valence-corrected chi connectivity index (χ2v) is 17.5. The Morgan fingerprint density at radius 2 is 0.934 bits per heavy atom. The van der Waals surface area contributed by atoms with E-state index in [1.807, 2.05) is 17.4 Å². The van der Waals surface area contributed by atoms with Gasteiger partial charge in [-0.25, -0.2) is 0 Å². The standard InChI is InChI=1S/C57H33N3S/c1-2-13-34(14-3-1)55-58-59-56-46-19-5-4-15-39(46)47-31-35(27-30-52(47)60(55)56)36-25-28-42-43-29-26-37(38-20-12-21-45-44-18-8-11-24-53(44)61-54(38)45)33-51(43)57(50(42)32-36)48-22-9-6-16-40(48)41-17-7-10-23-49(41)57/h1-33H. The third kappa shape index (κ3) is 4.36. The van der Waals surface area contributed by atoms with Crippen molar-refractivity contribution in [3.8, 4) is 55.9 Å². The van der Waals surface area contributed by atoms with Crippen molar-refractivity contribution in [1.82, 2.24) is 14.6 Å². The van der Waals surface area contributed by atoms with Gasteiger partial charge in [-0.05, 0) is 102 Å². The van der Waals surface area contributed by atoms with E-state index in [4.69, 9.17) is 10.2 Å². The minimum atomic E-state index is -0.485. The van der Waals surface area contributed by atoms with Gasteiger partial charge >= 0.3 is 0 Å². The number of nitrogens with zero attached hydrogens (tertiary/aromatic N) is 3. The molecule has 61 heavy (non-hydrogen) atoms. The van der Waals surface area contributed by atoms with Crippen LogP contribution in [0, 0.1) is 0 Å². The van der Waals surface area contributed by atoms with Crippen LogP contribution >= 0.6 is 11.3 Å². The van der Waals surface area contributed by atoms with Gasteiger partial charge in [-0.3, -0.25) is 4.40 Å². The van der Waals surface area contributed by atoms with E-state index in [2.05, 4.69) is 199 Å². The molecule has 0 N–H and O–H groups in total. The first kappa shape index (κ1) is 33.2. The van der Waals surface area contributed by atoms with Crippen molar-refractivity contribution in [3.05, 3.63) is 222 Å². The predicted octanol–water partition coefficient (Wildman–Crippen LogP) is 14.7. The molecule has 0 bridgehead atoms. The number of rotatable bonds is 3. The van der Waals surface area contributed by atoms with Crippen molar-refractivity contribution >= 4 is 58.8 Å². The molecule has 282 valence electrons.